The number of imide groups is 2. The number of hydrogen-bond acceptors (Lipinski definition) is 24. The molecule has 2 aliphatic rings. The molecular weight excluding hydrogens is 1570 g/mol. The lowest BCUT2D eigenvalue weighted by atomic mass is 10.1. The number of thiol groups is 2. The molecule has 0 atom stereocenters. The van der Waals surface area contributed by atoms with Crippen LogP contribution in [0, 0.1) is 93.1 Å². The number of carbonyl (C=O) groups excluding carboxylic acids is 8. The fourth-order valence-corrected chi connectivity index (χ4v) is 9.20. The van der Waals surface area contributed by atoms with E-state index < -0.39 is 209 Å². The van der Waals surface area contributed by atoms with Crippen molar-refractivity contribution in [2.75, 3.05) is 72.1 Å². The van der Waals surface area contributed by atoms with Crippen LogP contribution in [0.25, 0.3) is 41.8 Å². The van der Waals surface area contributed by atoms with Crippen LogP contribution in [0.15, 0.2) is 20.5 Å². The van der Waals surface area contributed by atoms with Gasteiger partial charge in [-0.3, -0.25) is 28.8 Å². The molecule has 4 aromatic carbocycles. The summed E-state index contributed by atoms with van der Waals surface area (Å²) in [5, 5.41) is 13.8. The molecule has 0 unspecified atom stereocenters. The highest BCUT2D eigenvalue weighted by molar-refractivity contribution is 7.80. The summed E-state index contributed by atoms with van der Waals surface area (Å²) < 4.78 is 247. The molecule has 0 aliphatic carbocycles. The zero-order valence-electron chi connectivity index (χ0n) is 52.0. The van der Waals surface area contributed by atoms with Crippen LogP contribution in [0.5, 0.6) is 0 Å². The maximum Gasteiger partial charge on any atom is 0.520 e. The predicted molar refractivity (Wildman–Crippen MR) is 324 cm³/mol. The van der Waals surface area contributed by atoms with Crippen LogP contribution in [0.4, 0.5) is 93.0 Å². The van der Waals surface area contributed by atoms with Crippen molar-refractivity contribution in [3.8, 4) is 0 Å². The number of nitrogens with zero attached hydrogens (tertiary/aromatic N) is 14. The summed E-state index contributed by atoms with van der Waals surface area (Å²) in [6.07, 6.45) is -1.29. The van der Waals surface area contributed by atoms with Gasteiger partial charge >= 0.3 is 29.5 Å². The van der Waals surface area contributed by atoms with E-state index in [1.54, 1.807) is 0 Å². The Kier molecular flexibility index (Phi) is 40.7. The van der Waals surface area contributed by atoms with Gasteiger partial charge in [0.05, 0.1) is 23.6 Å². The number of amides is 6. The molecule has 564 valence electrons. The van der Waals surface area contributed by atoms with Gasteiger partial charge in [0.1, 0.15) is 45.0 Å². The standard InChI is InChI=1S/C11H12F4N4O4Si.2C11H4F4N4O4.C8H4F4N4OS.C4H13NO3Si.CH2Cl2.CH5NS/c1-21-24(22-2,23-3)4-17-11(20)5-6(12)8(14)10(18-19-16)9(15)7(5)13;2*12-6-5(7(13)9(15)10(8(6)14)17-18-16)11(22)23-19-3(20)1-2-4(19)21;9-3-2(8(17)14-1-18)4(10)6(12)7(5(3)11)15-16-13;1-6-9(4-5,7-2)8-3;2*2-1-3/h4H2,1-3H3,(H,17,20);2*1-2H2;18H,1H2,(H,14,17);4-5H2,1-3H3;1H2;3H,1-2H2. The van der Waals surface area contributed by atoms with Crippen molar-refractivity contribution in [3.05, 3.63) is 157 Å². The first kappa shape index (κ1) is 93.6. The number of halogens is 18. The number of alkyl halides is 2. The van der Waals surface area contributed by atoms with E-state index in [-0.39, 0.29) is 47.0 Å². The maximum atomic E-state index is 13.8. The summed E-state index contributed by atoms with van der Waals surface area (Å²) in [5.41, 5.74) is 29.5. The molecule has 2 fully saturated rings. The number of nitrogens with one attached hydrogen (secondary N) is 2. The highest BCUT2D eigenvalue weighted by atomic mass is 35.5. The molecule has 2 aliphatic heterocycles. The van der Waals surface area contributed by atoms with Crippen molar-refractivity contribution in [1.82, 2.24) is 20.8 Å². The van der Waals surface area contributed by atoms with Crippen molar-refractivity contribution in [1.29, 1.82) is 0 Å². The fourth-order valence-electron chi connectivity index (χ4n) is 6.74. The minimum absolute atomic E-state index is 0.0572. The number of azide groups is 4. The molecule has 2 heterocycles. The van der Waals surface area contributed by atoms with Crippen LogP contribution in [0.2, 0.25) is 0 Å². The van der Waals surface area contributed by atoms with Gasteiger partial charge in [0.25, 0.3) is 35.4 Å². The second-order valence-corrected chi connectivity index (χ2v) is 24.5. The molecule has 2 saturated heterocycles. The maximum absolute atomic E-state index is 13.8. The average Bonchev–Trinajstić information content (AvgIpc) is 1.23. The van der Waals surface area contributed by atoms with Crippen LogP contribution in [-0.2, 0) is 55.4 Å². The van der Waals surface area contributed by atoms with Crippen LogP contribution in [0.1, 0.15) is 67.1 Å². The number of carbonyl (C=O) groups is 8. The molecule has 6 amide bonds. The van der Waals surface area contributed by atoms with Crippen molar-refractivity contribution < 1.29 is 145 Å². The van der Waals surface area contributed by atoms with Gasteiger partial charge < -0.3 is 58.3 Å². The predicted octanol–water partition coefficient (Wildman–Crippen LogP) is 10.6. The van der Waals surface area contributed by atoms with E-state index in [0.29, 0.717) is 12.0 Å². The second-order valence-electron chi connectivity index (χ2n) is 17.0. The van der Waals surface area contributed by atoms with E-state index in [2.05, 4.69) is 60.3 Å². The summed E-state index contributed by atoms with van der Waals surface area (Å²) in [4.78, 5) is 108. The molecule has 6 rings (SSSR count). The summed E-state index contributed by atoms with van der Waals surface area (Å²) in [5.74, 6) is -43.7. The van der Waals surface area contributed by atoms with Crippen molar-refractivity contribution in [2.45, 2.75) is 25.7 Å². The molecule has 0 aromatic heterocycles. The third kappa shape index (κ3) is 23.8. The van der Waals surface area contributed by atoms with E-state index in [9.17, 15) is 109 Å². The van der Waals surface area contributed by atoms with Crippen molar-refractivity contribution >= 4 is 136 Å². The van der Waals surface area contributed by atoms with Gasteiger partial charge in [-0.05, 0) is 22.1 Å². The highest BCUT2D eigenvalue weighted by Crippen LogP contribution is 2.35. The Hall–Kier alpha value is -9.45. The van der Waals surface area contributed by atoms with Gasteiger partial charge in [0.15, 0.2) is 93.1 Å². The Morgan fingerprint density at radius 2 is 0.631 bits per heavy atom. The first-order valence-corrected chi connectivity index (χ1v) is 32.0. The van der Waals surface area contributed by atoms with E-state index >= 15 is 0 Å². The van der Waals surface area contributed by atoms with Crippen molar-refractivity contribution in [2.24, 2.45) is 31.9 Å². The molecule has 0 saturated carbocycles. The average molecular weight is 1610 g/mol. The lowest BCUT2D eigenvalue weighted by molar-refractivity contribution is -0.173. The summed E-state index contributed by atoms with van der Waals surface area (Å²) >= 11 is 16.6. The van der Waals surface area contributed by atoms with Crippen LogP contribution in [-0.4, -0.2) is 147 Å². The quantitative estimate of drug-likeness (QED) is 0.00457. The normalized spacial score (nSPS) is 12.0. The zero-order chi connectivity index (χ0) is 79.7. The topological polar surface area (TPSA) is 488 Å². The second kappa shape index (κ2) is 44.8. The lowest BCUT2D eigenvalue weighted by Gasteiger charge is -2.24. The van der Waals surface area contributed by atoms with Crippen LogP contribution < -0.4 is 22.1 Å². The molecule has 56 heteroatoms. The van der Waals surface area contributed by atoms with E-state index in [4.69, 9.17) is 83.3 Å². The molecule has 6 N–H and O–H groups in total. The molecule has 4 aromatic rings. The first-order chi connectivity index (χ1) is 48.4. The number of hydrogen-bond donors (Lipinski definition) is 6. The van der Waals surface area contributed by atoms with E-state index in [0.717, 1.165) is 0 Å². The summed E-state index contributed by atoms with van der Waals surface area (Å²) in [6.45, 7) is 0. The molecule has 0 spiro atoms. The van der Waals surface area contributed by atoms with E-state index in [1.807, 2.05) is 25.4 Å². The minimum Gasteiger partial charge on any atom is -0.376 e. The fraction of sp³-hybridized carbons (Fsp3) is 0.319. The summed E-state index contributed by atoms with van der Waals surface area (Å²) in [7, 11) is 2.53. The van der Waals surface area contributed by atoms with Crippen LogP contribution in [0.3, 0.4) is 0 Å². The van der Waals surface area contributed by atoms with Gasteiger partial charge in [0, 0.05) is 93.9 Å². The van der Waals surface area contributed by atoms with E-state index in [1.165, 1.54) is 42.7 Å². The SMILES string of the molecule is CO[Si](CN)(OC)OC.CO[Si](CNC(=O)c1c(F)c(F)c(N=[N+]=[N-])c(F)c1F)(OC)OC.ClCCl.NCS.[N-]=[N+]=Nc1c(F)c(F)c(C(=O)NCS)c(F)c1F.[N-]=[N+]=Nc1c(F)c(F)c(C(=O)ON2C(=O)CCC2=O)c(F)c1F.[N-]=[N+]=Nc1c(F)c(F)c(C(=O)ON2C(=O)CCC2=O)c(F)c1F. The van der Waals surface area contributed by atoms with Gasteiger partial charge in [-0.2, -0.15) is 25.3 Å². The molecule has 103 heavy (non-hydrogen) atoms. The van der Waals surface area contributed by atoms with Crippen LogP contribution >= 0.6 is 48.5 Å². The number of rotatable bonds is 20. The first-order valence-electron chi connectivity index (χ1n) is 25.8. The Morgan fingerprint density at radius 3 is 0.806 bits per heavy atom. The smallest absolute Gasteiger partial charge is 0.376 e. The molecular formula is C47H44Cl2F16N18O16S2Si2. The molecule has 0 radical (unpaired) electrons. The van der Waals surface area contributed by atoms with Gasteiger partial charge in [0.2, 0.25) is 0 Å². The van der Waals surface area contributed by atoms with Gasteiger partial charge in [-0.25, -0.2) is 79.8 Å². The third-order valence-corrected chi connectivity index (χ3v) is 16.6. The molecule has 0 bridgehead atoms. The number of nitrogens with two attached hydrogens (primary N) is 2. The summed E-state index contributed by atoms with van der Waals surface area (Å²) in [6, 6.07) is 0. The third-order valence-electron chi connectivity index (χ3n) is 11.6. The Bertz CT molecular complexity index is 3750. The molecule has 34 nitrogen and oxygen atoms in total. The zero-order valence-corrected chi connectivity index (χ0v) is 57.3. The number of benzene rings is 4. The Morgan fingerprint density at radius 1 is 0.427 bits per heavy atom. The minimum atomic E-state index is -3.33. The lowest BCUT2D eigenvalue weighted by Crippen LogP contribution is -2.53. The highest BCUT2D eigenvalue weighted by Gasteiger charge is 2.42. The van der Waals surface area contributed by atoms with Crippen molar-refractivity contribution in [3.63, 3.8) is 0 Å². The largest absolute Gasteiger partial charge is 0.520 e. The van der Waals surface area contributed by atoms with Gasteiger partial charge in [-0.1, -0.05) is 20.5 Å². The monoisotopic (exact) mass is 1610 g/mol. The number of hydroxylamine groups is 4. The Labute approximate surface area is 586 Å². The Balaban J connectivity index is 0.00000127. The van der Waals surface area contributed by atoms with Gasteiger partial charge in [-0.15, -0.1) is 33.3 Å².